The summed E-state index contributed by atoms with van der Waals surface area (Å²) in [5, 5.41) is 9.25. The zero-order valence-electron chi connectivity index (χ0n) is 10.4. The monoisotopic (exact) mass is 235 g/mol. The Bertz CT molecular complexity index is 354. The van der Waals surface area contributed by atoms with Crippen molar-refractivity contribution in [1.82, 2.24) is 4.98 Å². The van der Waals surface area contributed by atoms with E-state index in [1.807, 2.05) is 6.07 Å². The maximum absolute atomic E-state index is 9.25. The number of aromatic nitrogens is 1. The molecule has 0 radical (unpaired) electrons. The number of nitrogens with zero attached hydrogens (tertiary/aromatic N) is 1. The lowest BCUT2D eigenvalue weighted by Gasteiger charge is -2.31. The maximum Gasteiger partial charge on any atom is 0.128 e. The SMILES string of the molecule is CCC1CCCCC1Oc1ccncc1CO. The Morgan fingerprint density at radius 2 is 2.24 bits per heavy atom. The predicted octanol–water partition coefficient (Wildman–Crippen LogP) is 2.92. The topological polar surface area (TPSA) is 42.4 Å². The summed E-state index contributed by atoms with van der Waals surface area (Å²) in [4.78, 5) is 4.01. The average Bonchev–Trinajstić information content (AvgIpc) is 2.40. The number of aliphatic hydroxyl groups excluding tert-OH is 1. The van der Waals surface area contributed by atoms with Crippen molar-refractivity contribution in [2.75, 3.05) is 0 Å². The number of rotatable bonds is 4. The van der Waals surface area contributed by atoms with E-state index in [2.05, 4.69) is 11.9 Å². The normalized spacial score (nSPS) is 24.6. The van der Waals surface area contributed by atoms with Crippen molar-refractivity contribution in [2.24, 2.45) is 5.92 Å². The molecule has 0 saturated heterocycles. The van der Waals surface area contributed by atoms with Gasteiger partial charge in [0, 0.05) is 18.0 Å². The fourth-order valence-corrected chi connectivity index (χ4v) is 2.61. The van der Waals surface area contributed by atoms with Gasteiger partial charge in [-0.05, 0) is 37.7 Å². The van der Waals surface area contributed by atoms with Gasteiger partial charge in [-0.1, -0.05) is 13.3 Å². The highest BCUT2D eigenvalue weighted by molar-refractivity contribution is 5.29. The zero-order chi connectivity index (χ0) is 12.1. The first-order valence-electron chi connectivity index (χ1n) is 6.55. The van der Waals surface area contributed by atoms with Crippen LogP contribution in [-0.2, 0) is 6.61 Å². The van der Waals surface area contributed by atoms with E-state index in [4.69, 9.17) is 4.74 Å². The van der Waals surface area contributed by atoms with Gasteiger partial charge in [-0.25, -0.2) is 0 Å². The van der Waals surface area contributed by atoms with Gasteiger partial charge in [0.15, 0.2) is 0 Å². The second kappa shape index (κ2) is 6.01. The molecule has 1 heterocycles. The lowest BCUT2D eigenvalue weighted by molar-refractivity contribution is 0.0876. The van der Waals surface area contributed by atoms with E-state index in [9.17, 15) is 5.11 Å². The van der Waals surface area contributed by atoms with Gasteiger partial charge in [0.05, 0.1) is 6.61 Å². The molecule has 1 aliphatic carbocycles. The van der Waals surface area contributed by atoms with Crippen LogP contribution in [0.5, 0.6) is 5.75 Å². The molecule has 94 valence electrons. The summed E-state index contributed by atoms with van der Waals surface area (Å²) in [6.07, 6.45) is 9.84. The van der Waals surface area contributed by atoms with Crippen molar-refractivity contribution in [1.29, 1.82) is 0 Å². The molecule has 1 N–H and O–H groups in total. The van der Waals surface area contributed by atoms with Gasteiger partial charge in [-0.3, -0.25) is 4.98 Å². The highest BCUT2D eigenvalue weighted by atomic mass is 16.5. The number of hydrogen-bond acceptors (Lipinski definition) is 3. The minimum absolute atomic E-state index is 0.00726. The molecule has 2 unspecified atom stereocenters. The highest BCUT2D eigenvalue weighted by Gasteiger charge is 2.25. The van der Waals surface area contributed by atoms with E-state index < -0.39 is 0 Å². The Morgan fingerprint density at radius 3 is 3.00 bits per heavy atom. The van der Waals surface area contributed by atoms with Crippen LogP contribution < -0.4 is 4.74 Å². The van der Waals surface area contributed by atoms with Crippen molar-refractivity contribution in [2.45, 2.75) is 51.7 Å². The van der Waals surface area contributed by atoms with E-state index in [1.54, 1.807) is 12.4 Å². The molecule has 2 rings (SSSR count). The van der Waals surface area contributed by atoms with Gasteiger partial charge in [0.2, 0.25) is 0 Å². The Kier molecular flexibility index (Phi) is 4.37. The molecular formula is C14H21NO2. The van der Waals surface area contributed by atoms with E-state index in [-0.39, 0.29) is 6.61 Å². The summed E-state index contributed by atoms with van der Waals surface area (Å²) in [5.74, 6) is 1.45. The van der Waals surface area contributed by atoms with Crippen molar-refractivity contribution >= 4 is 0 Å². The van der Waals surface area contributed by atoms with Gasteiger partial charge in [0.1, 0.15) is 11.9 Å². The van der Waals surface area contributed by atoms with E-state index in [0.29, 0.717) is 12.0 Å². The summed E-state index contributed by atoms with van der Waals surface area (Å²) in [7, 11) is 0. The second-order valence-electron chi connectivity index (χ2n) is 4.75. The molecule has 1 aromatic rings. The average molecular weight is 235 g/mol. The molecule has 1 saturated carbocycles. The van der Waals surface area contributed by atoms with Crippen LogP contribution in [-0.4, -0.2) is 16.2 Å². The third-order valence-electron chi connectivity index (χ3n) is 3.67. The van der Waals surface area contributed by atoms with Crippen molar-refractivity contribution < 1.29 is 9.84 Å². The highest BCUT2D eigenvalue weighted by Crippen LogP contribution is 2.31. The summed E-state index contributed by atoms with van der Waals surface area (Å²) >= 11 is 0. The smallest absolute Gasteiger partial charge is 0.128 e. The molecule has 0 aliphatic heterocycles. The first-order valence-corrected chi connectivity index (χ1v) is 6.55. The van der Waals surface area contributed by atoms with Gasteiger partial charge >= 0.3 is 0 Å². The van der Waals surface area contributed by atoms with Crippen LogP contribution in [0.4, 0.5) is 0 Å². The third kappa shape index (κ3) is 2.97. The van der Waals surface area contributed by atoms with E-state index in [0.717, 1.165) is 17.7 Å². The Labute approximate surface area is 103 Å². The second-order valence-corrected chi connectivity index (χ2v) is 4.75. The predicted molar refractivity (Wildman–Crippen MR) is 66.8 cm³/mol. The number of hydrogen-bond donors (Lipinski definition) is 1. The number of ether oxygens (including phenoxy) is 1. The third-order valence-corrected chi connectivity index (χ3v) is 3.67. The molecule has 3 heteroatoms. The molecule has 0 amide bonds. The molecule has 0 aromatic carbocycles. The lowest BCUT2D eigenvalue weighted by atomic mass is 9.85. The van der Waals surface area contributed by atoms with Crippen LogP contribution in [0.2, 0.25) is 0 Å². The molecule has 17 heavy (non-hydrogen) atoms. The van der Waals surface area contributed by atoms with Gasteiger partial charge in [-0.15, -0.1) is 0 Å². The molecule has 1 fully saturated rings. The van der Waals surface area contributed by atoms with Crippen LogP contribution in [0.25, 0.3) is 0 Å². The minimum Gasteiger partial charge on any atom is -0.490 e. The molecule has 0 bridgehead atoms. The van der Waals surface area contributed by atoms with Crippen molar-refractivity contribution in [3.05, 3.63) is 24.0 Å². The van der Waals surface area contributed by atoms with Crippen molar-refractivity contribution in [3.8, 4) is 5.75 Å². The van der Waals surface area contributed by atoms with Crippen LogP contribution >= 0.6 is 0 Å². The zero-order valence-corrected chi connectivity index (χ0v) is 10.4. The van der Waals surface area contributed by atoms with Gasteiger partial charge < -0.3 is 9.84 Å². The minimum atomic E-state index is -0.00726. The molecule has 1 aromatic heterocycles. The largest absolute Gasteiger partial charge is 0.490 e. The summed E-state index contributed by atoms with van der Waals surface area (Å²) in [6.45, 7) is 2.22. The Hall–Kier alpha value is -1.09. The van der Waals surface area contributed by atoms with E-state index in [1.165, 1.54) is 25.7 Å². The number of pyridine rings is 1. The van der Waals surface area contributed by atoms with Gasteiger partial charge in [-0.2, -0.15) is 0 Å². The first-order chi connectivity index (χ1) is 8.35. The Morgan fingerprint density at radius 1 is 1.41 bits per heavy atom. The summed E-state index contributed by atoms with van der Waals surface area (Å²) in [5.41, 5.74) is 0.785. The maximum atomic E-state index is 9.25. The number of aliphatic hydroxyl groups is 1. The molecule has 1 aliphatic rings. The van der Waals surface area contributed by atoms with Crippen LogP contribution in [0.1, 0.15) is 44.6 Å². The lowest BCUT2D eigenvalue weighted by Crippen LogP contribution is -2.30. The molecular weight excluding hydrogens is 214 g/mol. The van der Waals surface area contributed by atoms with E-state index >= 15 is 0 Å². The first kappa shape index (κ1) is 12.4. The fourth-order valence-electron chi connectivity index (χ4n) is 2.61. The van der Waals surface area contributed by atoms with Crippen LogP contribution in [0.3, 0.4) is 0 Å². The quantitative estimate of drug-likeness (QED) is 0.872. The Balaban J connectivity index is 2.08. The summed E-state index contributed by atoms with van der Waals surface area (Å²) in [6, 6.07) is 1.85. The standard InChI is InChI=1S/C14H21NO2/c1-2-11-5-3-4-6-13(11)17-14-7-8-15-9-12(14)10-16/h7-9,11,13,16H,2-6,10H2,1H3. The van der Waals surface area contributed by atoms with Crippen LogP contribution in [0, 0.1) is 5.92 Å². The van der Waals surface area contributed by atoms with Crippen LogP contribution in [0.15, 0.2) is 18.5 Å². The molecule has 2 atom stereocenters. The molecule has 0 spiro atoms. The fraction of sp³-hybridized carbons (Fsp3) is 0.643. The molecule has 3 nitrogen and oxygen atoms in total. The van der Waals surface area contributed by atoms with Crippen molar-refractivity contribution in [3.63, 3.8) is 0 Å². The summed E-state index contributed by atoms with van der Waals surface area (Å²) < 4.78 is 6.08. The van der Waals surface area contributed by atoms with Gasteiger partial charge in [0.25, 0.3) is 0 Å².